The molecule has 2 atom stereocenters. The first-order chi connectivity index (χ1) is 11.9. The summed E-state index contributed by atoms with van der Waals surface area (Å²) in [4.78, 5) is 1.86. The second-order valence-corrected chi connectivity index (χ2v) is 9.42. The van der Waals surface area contributed by atoms with Crippen molar-refractivity contribution in [1.29, 1.82) is 5.26 Å². The highest BCUT2D eigenvalue weighted by molar-refractivity contribution is 14.1. The number of nitrogens with zero attached hydrogens (tertiary/aromatic N) is 2. The first kappa shape index (κ1) is 20.3. The van der Waals surface area contributed by atoms with Gasteiger partial charge < -0.3 is 10.2 Å². The zero-order valence-electron chi connectivity index (χ0n) is 14.6. The van der Waals surface area contributed by atoms with Gasteiger partial charge in [0.05, 0.1) is 4.90 Å². The fourth-order valence-corrected chi connectivity index (χ4v) is 5.51. The van der Waals surface area contributed by atoms with Crippen molar-refractivity contribution < 1.29 is 8.42 Å². The highest BCUT2D eigenvalue weighted by Crippen LogP contribution is 2.24. The van der Waals surface area contributed by atoms with Gasteiger partial charge in [0.2, 0.25) is 10.0 Å². The highest BCUT2D eigenvalue weighted by Gasteiger charge is 2.28. The van der Waals surface area contributed by atoms with E-state index in [0.29, 0.717) is 29.0 Å². The summed E-state index contributed by atoms with van der Waals surface area (Å²) in [5.41, 5.74) is 0.814. The van der Waals surface area contributed by atoms with Crippen molar-refractivity contribution in [2.75, 3.05) is 25.0 Å². The molecule has 2 rings (SSSR count). The zero-order valence-corrected chi connectivity index (χ0v) is 17.6. The van der Waals surface area contributed by atoms with Gasteiger partial charge in [0.1, 0.15) is 0 Å². The molecule has 1 saturated heterocycles. The van der Waals surface area contributed by atoms with Crippen LogP contribution in [-0.4, -0.2) is 39.0 Å². The average molecular weight is 476 g/mol. The molecule has 25 heavy (non-hydrogen) atoms. The number of likely N-dealkylation sites (tertiary alicyclic amines) is 1. The van der Waals surface area contributed by atoms with Gasteiger partial charge in [0.15, 0.2) is 6.19 Å². The molecule has 0 amide bonds. The lowest BCUT2D eigenvalue weighted by Gasteiger charge is -2.16. The van der Waals surface area contributed by atoms with Crippen molar-refractivity contribution in [3.63, 3.8) is 0 Å². The summed E-state index contributed by atoms with van der Waals surface area (Å²) in [5.74, 6) is 0.540. The molecule has 2 N–H and O–H groups in total. The van der Waals surface area contributed by atoms with Gasteiger partial charge in [-0.2, -0.15) is 5.26 Å². The van der Waals surface area contributed by atoms with E-state index in [2.05, 4.69) is 30.1 Å². The Morgan fingerprint density at radius 2 is 2.24 bits per heavy atom. The topological polar surface area (TPSA) is 85.2 Å². The third-order valence-electron chi connectivity index (χ3n) is 4.31. The molecule has 1 aromatic rings. The van der Waals surface area contributed by atoms with E-state index in [9.17, 15) is 8.42 Å². The van der Waals surface area contributed by atoms with Crippen LogP contribution in [0.1, 0.15) is 33.1 Å². The molecule has 1 fully saturated rings. The van der Waals surface area contributed by atoms with E-state index in [0.717, 1.165) is 25.1 Å². The number of halogens is 1. The summed E-state index contributed by atoms with van der Waals surface area (Å²) < 4.78 is 28.9. The molecule has 1 aliphatic rings. The van der Waals surface area contributed by atoms with Gasteiger partial charge in [-0.25, -0.2) is 13.1 Å². The maximum atomic E-state index is 12.8. The second kappa shape index (κ2) is 9.05. The summed E-state index contributed by atoms with van der Waals surface area (Å²) in [7, 11) is -3.61. The van der Waals surface area contributed by atoms with Crippen molar-refractivity contribution in [3.05, 3.63) is 21.8 Å². The molecule has 0 radical (unpaired) electrons. The van der Waals surface area contributed by atoms with Crippen LogP contribution in [0.5, 0.6) is 0 Å². The molecule has 138 valence electrons. The third kappa shape index (κ3) is 5.72. The van der Waals surface area contributed by atoms with Crippen LogP contribution < -0.4 is 10.0 Å². The first-order valence-electron chi connectivity index (χ1n) is 8.56. The minimum atomic E-state index is -3.61. The number of hydrogen-bond acceptors (Lipinski definition) is 5. The number of benzene rings is 1. The molecular formula is C17H25IN4O2S. The van der Waals surface area contributed by atoms with Crippen molar-refractivity contribution in [2.45, 2.75) is 44.0 Å². The molecule has 6 nitrogen and oxygen atoms in total. The third-order valence-corrected chi connectivity index (χ3v) is 7.18. The van der Waals surface area contributed by atoms with Crippen molar-refractivity contribution in [2.24, 2.45) is 5.92 Å². The van der Waals surface area contributed by atoms with Crippen LogP contribution in [0, 0.1) is 20.9 Å². The van der Waals surface area contributed by atoms with Crippen LogP contribution in [0.15, 0.2) is 23.1 Å². The molecule has 0 saturated carbocycles. The van der Waals surface area contributed by atoms with Gasteiger partial charge in [-0.1, -0.05) is 20.3 Å². The van der Waals surface area contributed by atoms with Crippen molar-refractivity contribution in [1.82, 2.24) is 9.62 Å². The van der Waals surface area contributed by atoms with E-state index < -0.39 is 10.0 Å². The molecule has 0 bridgehead atoms. The number of sulfonamides is 1. The number of nitriles is 1. The van der Waals surface area contributed by atoms with Crippen LogP contribution in [0.2, 0.25) is 0 Å². The molecule has 1 heterocycles. The Morgan fingerprint density at radius 1 is 1.48 bits per heavy atom. The predicted molar refractivity (Wildman–Crippen MR) is 108 cm³/mol. The molecule has 1 unspecified atom stereocenters. The molecule has 0 spiro atoms. The number of rotatable bonds is 8. The largest absolute Gasteiger partial charge is 0.385 e. The Morgan fingerprint density at radius 3 is 2.88 bits per heavy atom. The Bertz CT molecular complexity index is 733. The molecule has 0 aliphatic carbocycles. The van der Waals surface area contributed by atoms with Crippen molar-refractivity contribution in [3.8, 4) is 6.19 Å². The lowest BCUT2D eigenvalue weighted by Crippen LogP contribution is -2.36. The Hall–Kier alpha value is -1.05. The quantitative estimate of drug-likeness (QED) is 0.445. The molecule has 0 aromatic heterocycles. The van der Waals surface area contributed by atoms with Crippen molar-refractivity contribution >= 4 is 38.3 Å². The molecule has 1 aliphatic heterocycles. The van der Waals surface area contributed by atoms with Gasteiger partial charge in [-0.3, -0.25) is 0 Å². The van der Waals surface area contributed by atoms with E-state index in [1.165, 1.54) is 0 Å². The fraction of sp³-hybridized carbons (Fsp3) is 0.588. The van der Waals surface area contributed by atoms with Crippen LogP contribution in [0.25, 0.3) is 0 Å². The van der Waals surface area contributed by atoms with Crippen LogP contribution in [0.4, 0.5) is 5.69 Å². The minimum absolute atomic E-state index is 0.221. The number of nitrogens with one attached hydrogen (secondary N) is 2. The average Bonchev–Trinajstić information content (AvgIpc) is 3.01. The van der Waals surface area contributed by atoms with Crippen LogP contribution in [-0.2, 0) is 10.0 Å². The summed E-state index contributed by atoms with van der Waals surface area (Å²) in [6.45, 7) is 6.19. The predicted octanol–water partition coefficient (Wildman–Crippen LogP) is 2.97. The summed E-state index contributed by atoms with van der Waals surface area (Å²) in [5, 5.41) is 12.2. The Labute approximate surface area is 164 Å². The zero-order chi connectivity index (χ0) is 18.4. The van der Waals surface area contributed by atoms with E-state index in [4.69, 9.17) is 5.26 Å². The van der Waals surface area contributed by atoms with Gasteiger partial charge >= 0.3 is 0 Å². The van der Waals surface area contributed by atoms with Crippen LogP contribution >= 0.6 is 22.6 Å². The molecular weight excluding hydrogens is 451 g/mol. The van der Waals surface area contributed by atoms with E-state index in [-0.39, 0.29) is 10.9 Å². The minimum Gasteiger partial charge on any atom is -0.385 e. The Balaban J connectivity index is 2.09. The number of anilines is 1. The lowest BCUT2D eigenvalue weighted by molar-refractivity contribution is 0.470. The smallest absolute Gasteiger partial charge is 0.242 e. The first-order valence-corrected chi connectivity index (χ1v) is 11.1. The molecule has 8 heteroatoms. The number of hydrogen-bond donors (Lipinski definition) is 2. The maximum absolute atomic E-state index is 12.8. The molecule has 1 aromatic carbocycles. The maximum Gasteiger partial charge on any atom is 0.242 e. The Kier molecular flexibility index (Phi) is 7.34. The monoisotopic (exact) mass is 476 g/mol. The summed E-state index contributed by atoms with van der Waals surface area (Å²) in [6, 6.07) is 5.20. The normalized spacial score (nSPS) is 18.8. The lowest BCUT2D eigenvalue weighted by atomic mass is 10.1. The summed E-state index contributed by atoms with van der Waals surface area (Å²) >= 11 is 2.05. The van der Waals surface area contributed by atoms with Gasteiger partial charge in [-0.15, -0.1) is 0 Å². The van der Waals surface area contributed by atoms with Gasteiger partial charge in [-0.05, 0) is 59.5 Å². The van der Waals surface area contributed by atoms with Crippen LogP contribution in [0.3, 0.4) is 0 Å². The second-order valence-electron chi connectivity index (χ2n) is 6.57. The van der Waals surface area contributed by atoms with E-state index in [1.807, 2.05) is 34.7 Å². The standard InChI is InChI=1S/C17H25IN4O2S/c1-3-4-13(2)10-20-14-5-6-16(18)17(9-14)25(23,24)21-15-7-8-22(11-15)12-19/h5-6,9,13,15,20-21H,3-4,7-8,10-11H2,1-2H3/t13?,15-/m1/s1. The van der Waals surface area contributed by atoms with Gasteiger partial charge in [0, 0.05) is 34.9 Å². The van der Waals surface area contributed by atoms with Gasteiger partial charge in [0.25, 0.3) is 0 Å². The SMILES string of the molecule is CCCC(C)CNc1ccc(I)c(S(=O)(=O)N[C@@H]2CCN(C#N)C2)c1. The highest BCUT2D eigenvalue weighted by atomic mass is 127. The fourth-order valence-electron chi connectivity index (χ4n) is 2.94. The van der Waals surface area contributed by atoms with E-state index in [1.54, 1.807) is 11.0 Å². The summed E-state index contributed by atoms with van der Waals surface area (Å²) in [6.07, 6.45) is 4.99. The van der Waals surface area contributed by atoms with E-state index >= 15 is 0 Å².